The van der Waals surface area contributed by atoms with Crippen LogP contribution in [0.15, 0.2) is 65.5 Å². The van der Waals surface area contributed by atoms with E-state index in [1.54, 1.807) is 47.0 Å². The fourth-order valence-electron chi connectivity index (χ4n) is 5.37. The van der Waals surface area contributed by atoms with Gasteiger partial charge in [0.05, 0.1) is 61.3 Å². The number of hydrogen-bond donors (Lipinski definition) is 0. The first-order chi connectivity index (χ1) is 24.2. The fourth-order valence-corrected chi connectivity index (χ4v) is 10.2. The second kappa shape index (κ2) is 21.9. The van der Waals surface area contributed by atoms with Crippen LogP contribution in [-0.4, -0.2) is 66.1 Å². The lowest BCUT2D eigenvalue weighted by molar-refractivity contribution is 0.0441. The summed E-state index contributed by atoms with van der Waals surface area (Å²) < 4.78 is 38.5. The van der Waals surface area contributed by atoms with E-state index in [0.29, 0.717) is 89.7 Å². The summed E-state index contributed by atoms with van der Waals surface area (Å²) in [5.41, 5.74) is 5.02. The summed E-state index contributed by atoms with van der Waals surface area (Å²) in [5.74, 6) is 3.70. The van der Waals surface area contributed by atoms with Gasteiger partial charge in [-0.25, -0.2) is 0 Å². The van der Waals surface area contributed by atoms with Crippen molar-refractivity contribution in [2.75, 3.05) is 66.1 Å². The Morgan fingerprint density at radius 1 is 0.440 bits per heavy atom. The van der Waals surface area contributed by atoms with Crippen LogP contribution in [0.2, 0.25) is 0 Å². The van der Waals surface area contributed by atoms with Crippen molar-refractivity contribution in [1.82, 2.24) is 0 Å². The smallest absolute Gasteiger partial charge is 0.126 e. The van der Waals surface area contributed by atoms with Crippen LogP contribution in [0, 0.1) is 0 Å². The van der Waals surface area contributed by atoms with Gasteiger partial charge >= 0.3 is 0 Å². The molecule has 2 aromatic carbocycles. The second-order valence-corrected chi connectivity index (χ2v) is 17.9. The van der Waals surface area contributed by atoms with Gasteiger partial charge in [0.1, 0.15) is 24.7 Å². The molecule has 276 valence electrons. The van der Waals surface area contributed by atoms with Gasteiger partial charge in [0.25, 0.3) is 0 Å². The SMILES string of the molecule is CC(C)c1cccc(C(C)C)c1OCCOCCOCC1=CS/C(=C2\SC=C(COCCOCCOc3c(C(C)C)cccc3C(C)C)S2)S1. The standard InChI is InChI=1S/C40H56O6S4/c1-27(2)33-11-9-12-34(28(3)4)37(33)45-21-19-41-15-17-43-23-31-25-47-39(49-31)40-48-26-32(50-40)24-44-18-16-42-20-22-46-38-35(29(5)6)13-10-14-36(38)30(7)8/h9-14,25-30H,15-24H2,1-8H3/b40-39-. The van der Waals surface area contributed by atoms with Crippen LogP contribution in [0.4, 0.5) is 0 Å². The molecule has 0 radical (unpaired) electrons. The first-order valence-corrected chi connectivity index (χ1v) is 21.2. The first-order valence-electron chi connectivity index (χ1n) is 17.8. The molecule has 0 aliphatic carbocycles. The number of ether oxygens (including phenoxy) is 6. The van der Waals surface area contributed by atoms with Gasteiger partial charge in [0.15, 0.2) is 0 Å². The van der Waals surface area contributed by atoms with Crippen LogP contribution < -0.4 is 9.47 Å². The lowest BCUT2D eigenvalue weighted by Gasteiger charge is -2.20. The summed E-state index contributed by atoms with van der Waals surface area (Å²) >= 11 is 7.15. The third kappa shape index (κ3) is 12.9. The van der Waals surface area contributed by atoms with Crippen molar-refractivity contribution in [3.63, 3.8) is 0 Å². The Hall–Kier alpha value is -1.50. The zero-order valence-corrected chi connectivity index (χ0v) is 34.3. The Labute approximate surface area is 318 Å². The average molecular weight is 761 g/mol. The van der Waals surface area contributed by atoms with Gasteiger partial charge in [-0.15, -0.1) is 0 Å². The Balaban J connectivity index is 1.03. The lowest BCUT2D eigenvalue weighted by atomic mass is 9.94. The maximum absolute atomic E-state index is 6.21. The molecule has 0 unspecified atom stereocenters. The van der Waals surface area contributed by atoms with E-state index in [1.807, 2.05) is 0 Å². The molecule has 0 saturated carbocycles. The summed E-state index contributed by atoms with van der Waals surface area (Å²) in [6.45, 7) is 23.2. The van der Waals surface area contributed by atoms with Gasteiger partial charge in [0, 0.05) is 9.81 Å². The molecule has 0 amide bonds. The predicted octanol–water partition coefficient (Wildman–Crippen LogP) is 11.5. The normalized spacial score (nSPS) is 16.3. The minimum Gasteiger partial charge on any atom is -0.491 e. The third-order valence-corrected chi connectivity index (χ3v) is 13.3. The van der Waals surface area contributed by atoms with E-state index in [0.717, 1.165) is 11.5 Å². The van der Waals surface area contributed by atoms with Crippen LogP contribution in [0.3, 0.4) is 0 Å². The largest absolute Gasteiger partial charge is 0.491 e. The van der Waals surface area contributed by atoms with Crippen molar-refractivity contribution in [1.29, 1.82) is 0 Å². The van der Waals surface area contributed by atoms with Gasteiger partial charge in [-0.3, -0.25) is 0 Å². The molecule has 50 heavy (non-hydrogen) atoms. The molecule has 0 spiro atoms. The molecule has 10 heteroatoms. The topological polar surface area (TPSA) is 55.4 Å². The van der Waals surface area contributed by atoms with Crippen LogP contribution >= 0.6 is 47.0 Å². The number of thioether (sulfide) groups is 4. The highest BCUT2D eigenvalue weighted by molar-refractivity contribution is 8.33. The van der Waals surface area contributed by atoms with E-state index >= 15 is 0 Å². The van der Waals surface area contributed by atoms with Crippen LogP contribution in [0.5, 0.6) is 11.5 Å². The molecular weight excluding hydrogens is 705 g/mol. The molecule has 2 aromatic rings. The number of hydrogen-bond acceptors (Lipinski definition) is 10. The van der Waals surface area contributed by atoms with E-state index in [1.165, 1.54) is 40.5 Å². The van der Waals surface area contributed by atoms with E-state index in [4.69, 9.17) is 28.4 Å². The summed E-state index contributed by atoms with van der Waals surface area (Å²) in [6.07, 6.45) is 0. The van der Waals surface area contributed by atoms with Crippen molar-refractivity contribution >= 4 is 47.0 Å². The summed E-state index contributed by atoms with van der Waals surface area (Å²) in [6, 6.07) is 12.9. The van der Waals surface area contributed by atoms with E-state index in [-0.39, 0.29) is 0 Å². The fraction of sp³-hybridized carbons (Fsp3) is 0.550. The highest BCUT2D eigenvalue weighted by atomic mass is 32.2. The number of para-hydroxylation sites is 2. The molecule has 0 atom stereocenters. The Morgan fingerprint density at radius 3 is 1.10 bits per heavy atom. The monoisotopic (exact) mass is 760 g/mol. The molecule has 4 rings (SSSR count). The van der Waals surface area contributed by atoms with Gasteiger partial charge in [0.2, 0.25) is 0 Å². The quantitative estimate of drug-likeness (QED) is 0.108. The molecule has 0 saturated heterocycles. The Morgan fingerprint density at radius 2 is 0.760 bits per heavy atom. The van der Waals surface area contributed by atoms with Crippen LogP contribution in [0.1, 0.15) is 101 Å². The molecule has 2 aliphatic rings. The van der Waals surface area contributed by atoms with Crippen molar-refractivity contribution in [3.8, 4) is 11.5 Å². The summed E-state index contributed by atoms with van der Waals surface area (Å²) in [7, 11) is 0. The summed E-state index contributed by atoms with van der Waals surface area (Å²) in [4.78, 5) is 2.46. The zero-order chi connectivity index (χ0) is 35.9. The molecule has 0 aromatic heterocycles. The van der Waals surface area contributed by atoms with E-state index in [9.17, 15) is 0 Å². The average Bonchev–Trinajstić information content (AvgIpc) is 3.76. The minimum absolute atomic E-state index is 0.415. The predicted molar refractivity (Wildman–Crippen MR) is 217 cm³/mol. The maximum atomic E-state index is 6.21. The molecular formula is C40H56O6S4. The van der Waals surface area contributed by atoms with Crippen molar-refractivity contribution in [2.45, 2.75) is 79.1 Å². The van der Waals surface area contributed by atoms with Gasteiger partial charge in [-0.05, 0) is 56.7 Å². The van der Waals surface area contributed by atoms with E-state index in [2.05, 4.69) is 103 Å². The van der Waals surface area contributed by atoms with Crippen molar-refractivity contribution in [2.24, 2.45) is 0 Å². The van der Waals surface area contributed by atoms with E-state index < -0.39 is 0 Å². The molecule has 0 N–H and O–H groups in total. The van der Waals surface area contributed by atoms with Crippen molar-refractivity contribution in [3.05, 3.63) is 87.8 Å². The van der Waals surface area contributed by atoms with Crippen LogP contribution in [0.25, 0.3) is 0 Å². The molecule has 2 aliphatic heterocycles. The Kier molecular flexibility index (Phi) is 18.1. The first kappa shape index (κ1) is 41.3. The molecule has 0 bridgehead atoms. The van der Waals surface area contributed by atoms with Crippen LogP contribution in [-0.2, 0) is 18.9 Å². The summed E-state index contributed by atoms with van der Waals surface area (Å²) in [5, 5.41) is 4.39. The Bertz CT molecular complexity index is 1290. The zero-order valence-electron chi connectivity index (χ0n) is 31.1. The third-order valence-electron chi connectivity index (χ3n) is 8.03. The number of benzene rings is 2. The molecule has 6 nitrogen and oxygen atoms in total. The van der Waals surface area contributed by atoms with Crippen molar-refractivity contribution < 1.29 is 28.4 Å². The minimum atomic E-state index is 0.415. The second-order valence-electron chi connectivity index (χ2n) is 13.4. The molecule has 2 heterocycles. The maximum Gasteiger partial charge on any atom is 0.126 e. The molecule has 0 fully saturated rings. The highest BCUT2D eigenvalue weighted by Crippen LogP contribution is 2.55. The van der Waals surface area contributed by atoms with Gasteiger partial charge < -0.3 is 28.4 Å². The van der Waals surface area contributed by atoms with Gasteiger partial charge in [-0.1, -0.05) is 139 Å². The van der Waals surface area contributed by atoms with Gasteiger partial charge in [-0.2, -0.15) is 0 Å². The lowest BCUT2D eigenvalue weighted by Crippen LogP contribution is -2.13. The number of rotatable bonds is 22. The highest BCUT2D eigenvalue weighted by Gasteiger charge is 2.22.